The number of benzene rings is 1. The van der Waals surface area contributed by atoms with Gasteiger partial charge in [-0.2, -0.15) is 4.31 Å². The van der Waals surface area contributed by atoms with Crippen molar-refractivity contribution in [2.75, 3.05) is 7.05 Å². The third-order valence-electron chi connectivity index (χ3n) is 3.06. The molecular formula is C14H16ClN3O2S. The van der Waals surface area contributed by atoms with Crippen LogP contribution in [-0.2, 0) is 23.1 Å². The fraction of sp³-hybridized carbons (Fsp3) is 0.214. The zero-order valence-corrected chi connectivity index (χ0v) is 13.1. The Morgan fingerprint density at radius 3 is 2.67 bits per heavy atom. The van der Waals surface area contributed by atoms with E-state index in [9.17, 15) is 8.42 Å². The Kier molecular flexibility index (Phi) is 4.95. The molecule has 2 N–H and O–H groups in total. The molecular weight excluding hydrogens is 310 g/mol. The molecule has 5 nitrogen and oxygen atoms in total. The van der Waals surface area contributed by atoms with E-state index >= 15 is 0 Å². The lowest BCUT2D eigenvalue weighted by Gasteiger charge is -2.17. The standard InChI is InChI=1S/C14H16ClN3O2S/c1-18(10-12-4-2-3-7-17-12)21(19,20)13-5-6-14(15)11(8-13)9-16/h2-8H,9-10,16H2,1H3. The molecule has 0 saturated carbocycles. The van der Waals surface area contributed by atoms with Crippen LogP contribution in [0, 0.1) is 0 Å². The van der Waals surface area contributed by atoms with E-state index < -0.39 is 10.0 Å². The van der Waals surface area contributed by atoms with E-state index in [-0.39, 0.29) is 18.0 Å². The van der Waals surface area contributed by atoms with E-state index in [2.05, 4.69) is 4.98 Å². The monoisotopic (exact) mass is 325 g/mol. The Morgan fingerprint density at radius 2 is 2.05 bits per heavy atom. The lowest BCUT2D eigenvalue weighted by Crippen LogP contribution is -2.27. The van der Waals surface area contributed by atoms with Crippen LogP contribution in [0.3, 0.4) is 0 Å². The molecule has 0 radical (unpaired) electrons. The highest BCUT2D eigenvalue weighted by atomic mass is 35.5. The molecule has 0 amide bonds. The molecule has 0 aliphatic carbocycles. The van der Waals surface area contributed by atoms with Gasteiger partial charge in [0, 0.05) is 24.8 Å². The number of hydrogen-bond acceptors (Lipinski definition) is 4. The topological polar surface area (TPSA) is 76.3 Å². The molecule has 1 aromatic carbocycles. The minimum atomic E-state index is -3.61. The average Bonchev–Trinajstić information content (AvgIpc) is 2.48. The maximum atomic E-state index is 12.5. The van der Waals surface area contributed by atoms with Crippen molar-refractivity contribution in [1.82, 2.24) is 9.29 Å². The van der Waals surface area contributed by atoms with Crippen LogP contribution in [0.5, 0.6) is 0 Å². The quantitative estimate of drug-likeness (QED) is 0.912. The molecule has 21 heavy (non-hydrogen) atoms. The summed E-state index contributed by atoms with van der Waals surface area (Å²) in [5.41, 5.74) is 6.84. The number of sulfonamides is 1. The third-order valence-corrected chi connectivity index (χ3v) is 5.22. The van der Waals surface area contributed by atoms with Crippen molar-refractivity contribution in [3.8, 4) is 0 Å². The van der Waals surface area contributed by atoms with Crippen LogP contribution in [0.4, 0.5) is 0 Å². The highest BCUT2D eigenvalue weighted by Crippen LogP contribution is 2.22. The first-order valence-corrected chi connectivity index (χ1v) is 8.11. The van der Waals surface area contributed by atoms with Gasteiger partial charge in [-0.15, -0.1) is 0 Å². The first-order chi connectivity index (χ1) is 9.95. The molecule has 0 unspecified atom stereocenters. The van der Waals surface area contributed by atoms with Crippen LogP contribution in [-0.4, -0.2) is 24.8 Å². The van der Waals surface area contributed by atoms with Gasteiger partial charge in [-0.25, -0.2) is 8.42 Å². The largest absolute Gasteiger partial charge is 0.326 e. The van der Waals surface area contributed by atoms with Crippen LogP contribution in [0.1, 0.15) is 11.3 Å². The predicted octanol–water partition coefficient (Wildman–Crippen LogP) is 2.01. The average molecular weight is 326 g/mol. The van der Waals surface area contributed by atoms with Crippen LogP contribution in [0.2, 0.25) is 5.02 Å². The maximum Gasteiger partial charge on any atom is 0.243 e. The second-order valence-electron chi connectivity index (χ2n) is 4.54. The number of hydrogen-bond donors (Lipinski definition) is 1. The summed E-state index contributed by atoms with van der Waals surface area (Å²) < 4.78 is 26.3. The molecule has 2 rings (SSSR count). The van der Waals surface area contributed by atoms with E-state index in [0.717, 1.165) is 0 Å². The first-order valence-electron chi connectivity index (χ1n) is 6.30. The number of rotatable bonds is 5. The molecule has 0 atom stereocenters. The molecule has 1 heterocycles. The van der Waals surface area contributed by atoms with Crippen molar-refractivity contribution in [2.45, 2.75) is 18.0 Å². The van der Waals surface area contributed by atoms with E-state index in [4.69, 9.17) is 17.3 Å². The van der Waals surface area contributed by atoms with E-state index in [0.29, 0.717) is 16.3 Å². The molecule has 0 saturated heterocycles. The van der Waals surface area contributed by atoms with Crippen LogP contribution >= 0.6 is 11.6 Å². The summed E-state index contributed by atoms with van der Waals surface area (Å²) in [5, 5.41) is 0.462. The minimum Gasteiger partial charge on any atom is -0.326 e. The minimum absolute atomic E-state index is 0.172. The van der Waals surface area contributed by atoms with Crippen molar-refractivity contribution >= 4 is 21.6 Å². The van der Waals surface area contributed by atoms with Gasteiger partial charge in [0.15, 0.2) is 0 Å². The summed E-state index contributed by atoms with van der Waals surface area (Å²) in [4.78, 5) is 4.30. The van der Waals surface area contributed by atoms with Gasteiger partial charge >= 0.3 is 0 Å². The van der Waals surface area contributed by atoms with Crippen molar-refractivity contribution in [3.63, 3.8) is 0 Å². The zero-order chi connectivity index (χ0) is 15.5. The summed E-state index contributed by atoms with van der Waals surface area (Å²) >= 11 is 5.96. The van der Waals surface area contributed by atoms with E-state index in [1.165, 1.54) is 23.5 Å². The first kappa shape index (κ1) is 15.9. The Bertz CT molecular complexity index is 720. The Morgan fingerprint density at radius 1 is 1.29 bits per heavy atom. The maximum absolute atomic E-state index is 12.5. The van der Waals surface area contributed by atoms with Crippen LogP contribution in [0.15, 0.2) is 47.5 Å². The Labute approximate surface area is 129 Å². The highest BCUT2D eigenvalue weighted by molar-refractivity contribution is 7.89. The fourth-order valence-corrected chi connectivity index (χ4v) is 3.24. The van der Waals surface area contributed by atoms with E-state index in [1.54, 1.807) is 24.4 Å². The molecule has 112 valence electrons. The van der Waals surface area contributed by atoms with E-state index in [1.807, 2.05) is 6.07 Å². The fourth-order valence-electron chi connectivity index (χ4n) is 1.85. The van der Waals surface area contributed by atoms with Gasteiger partial charge in [0.05, 0.1) is 17.1 Å². The van der Waals surface area contributed by atoms with Gasteiger partial charge in [0.2, 0.25) is 10.0 Å². The molecule has 0 spiro atoms. The number of aromatic nitrogens is 1. The highest BCUT2D eigenvalue weighted by Gasteiger charge is 2.22. The van der Waals surface area contributed by atoms with Gasteiger partial charge in [-0.05, 0) is 35.9 Å². The molecule has 2 aromatic rings. The second-order valence-corrected chi connectivity index (χ2v) is 6.99. The van der Waals surface area contributed by atoms with Crippen molar-refractivity contribution in [1.29, 1.82) is 0 Å². The van der Waals surface area contributed by atoms with Crippen molar-refractivity contribution in [3.05, 3.63) is 58.9 Å². The third kappa shape index (κ3) is 3.59. The Balaban J connectivity index is 2.29. The van der Waals surface area contributed by atoms with Gasteiger partial charge in [0.1, 0.15) is 0 Å². The van der Waals surface area contributed by atoms with Gasteiger partial charge in [-0.1, -0.05) is 17.7 Å². The van der Waals surface area contributed by atoms with Crippen LogP contribution in [0.25, 0.3) is 0 Å². The summed E-state index contributed by atoms with van der Waals surface area (Å²) in [7, 11) is -2.09. The van der Waals surface area contributed by atoms with Crippen molar-refractivity contribution in [2.24, 2.45) is 5.73 Å². The molecule has 0 fully saturated rings. The summed E-state index contributed by atoms with van der Waals surface area (Å²) in [6, 6.07) is 9.91. The van der Waals surface area contributed by atoms with Crippen LogP contribution < -0.4 is 5.73 Å². The van der Waals surface area contributed by atoms with Gasteiger partial charge in [-0.3, -0.25) is 4.98 Å². The number of halogens is 1. The number of nitrogens with zero attached hydrogens (tertiary/aromatic N) is 2. The summed E-state index contributed by atoms with van der Waals surface area (Å²) in [5.74, 6) is 0. The summed E-state index contributed by atoms with van der Waals surface area (Å²) in [6.07, 6.45) is 1.63. The molecule has 7 heteroatoms. The Hall–Kier alpha value is -1.47. The number of pyridine rings is 1. The lowest BCUT2D eigenvalue weighted by atomic mass is 10.2. The lowest BCUT2D eigenvalue weighted by molar-refractivity contribution is 0.462. The molecule has 0 bridgehead atoms. The molecule has 1 aromatic heterocycles. The van der Waals surface area contributed by atoms with Crippen molar-refractivity contribution < 1.29 is 8.42 Å². The predicted molar refractivity (Wildman–Crippen MR) is 82.2 cm³/mol. The number of nitrogens with two attached hydrogens (primary N) is 1. The zero-order valence-electron chi connectivity index (χ0n) is 11.5. The van der Waals surface area contributed by atoms with Gasteiger partial charge < -0.3 is 5.73 Å². The normalized spacial score (nSPS) is 11.8. The molecule has 0 aliphatic heterocycles. The molecule has 0 aliphatic rings. The smallest absolute Gasteiger partial charge is 0.243 e. The SMILES string of the molecule is CN(Cc1ccccn1)S(=O)(=O)c1ccc(Cl)c(CN)c1. The van der Waals surface area contributed by atoms with Gasteiger partial charge in [0.25, 0.3) is 0 Å². The summed E-state index contributed by atoms with van der Waals surface area (Å²) in [6.45, 7) is 0.385. The second kappa shape index (κ2) is 6.53.